The molecule has 0 heterocycles. The number of para-hydroxylation sites is 2. The number of aryl methyl sites for hydroxylation is 2. The molecule has 1 atom stereocenters. The van der Waals surface area contributed by atoms with Crippen LogP contribution in [0.3, 0.4) is 0 Å². The second-order valence-electron chi connectivity index (χ2n) is 6.34. The average molecular weight is 339 g/mol. The van der Waals surface area contributed by atoms with Gasteiger partial charge in [0, 0.05) is 5.69 Å². The van der Waals surface area contributed by atoms with E-state index < -0.39 is 0 Å². The van der Waals surface area contributed by atoms with Crippen LogP contribution in [0, 0.1) is 0 Å². The standard InChI is InChI=1S/C22H29NO2/c1-5-16(4)19-13-8-9-14-20(19)25-15-21(24)23-22-17(6-2)11-10-12-18(22)7-3/h8-14,16H,5-7,15H2,1-4H3,(H,23,24). The highest BCUT2D eigenvalue weighted by atomic mass is 16.5. The molecule has 3 heteroatoms. The van der Waals surface area contributed by atoms with Crippen molar-refractivity contribution in [3.05, 3.63) is 59.2 Å². The number of carbonyl (C=O) groups is 1. The molecule has 0 radical (unpaired) electrons. The summed E-state index contributed by atoms with van der Waals surface area (Å²) in [5.41, 5.74) is 4.41. The van der Waals surface area contributed by atoms with Gasteiger partial charge in [-0.3, -0.25) is 4.79 Å². The van der Waals surface area contributed by atoms with E-state index in [1.54, 1.807) is 0 Å². The molecular formula is C22H29NO2. The number of hydrogen-bond donors (Lipinski definition) is 1. The summed E-state index contributed by atoms with van der Waals surface area (Å²) in [4.78, 5) is 12.4. The van der Waals surface area contributed by atoms with Gasteiger partial charge >= 0.3 is 0 Å². The molecule has 0 fully saturated rings. The van der Waals surface area contributed by atoms with Gasteiger partial charge in [0.1, 0.15) is 5.75 Å². The van der Waals surface area contributed by atoms with Gasteiger partial charge in [-0.1, -0.05) is 64.1 Å². The van der Waals surface area contributed by atoms with Crippen LogP contribution < -0.4 is 10.1 Å². The summed E-state index contributed by atoms with van der Waals surface area (Å²) in [6, 6.07) is 14.1. The first kappa shape index (κ1) is 19.0. The van der Waals surface area contributed by atoms with Crippen LogP contribution in [0.1, 0.15) is 56.7 Å². The van der Waals surface area contributed by atoms with Crippen molar-refractivity contribution < 1.29 is 9.53 Å². The number of carbonyl (C=O) groups excluding carboxylic acids is 1. The maximum atomic E-state index is 12.4. The van der Waals surface area contributed by atoms with Crippen molar-refractivity contribution in [3.8, 4) is 5.75 Å². The van der Waals surface area contributed by atoms with Gasteiger partial charge in [-0.25, -0.2) is 0 Å². The predicted octanol–water partition coefficient (Wildman–Crippen LogP) is 5.34. The lowest BCUT2D eigenvalue weighted by Crippen LogP contribution is -2.22. The van der Waals surface area contributed by atoms with E-state index in [9.17, 15) is 4.79 Å². The maximum Gasteiger partial charge on any atom is 0.262 e. The van der Waals surface area contributed by atoms with Gasteiger partial charge in [0.2, 0.25) is 0 Å². The third kappa shape index (κ3) is 4.85. The normalized spacial score (nSPS) is 11.8. The second-order valence-corrected chi connectivity index (χ2v) is 6.34. The first-order valence-corrected chi connectivity index (χ1v) is 9.22. The lowest BCUT2D eigenvalue weighted by Gasteiger charge is -2.17. The number of benzene rings is 2. The van der Waals surface area contributed by atoms with E-state index in [1.807, 2.05) is 24.3 Å². The van der Waals surface area contributed by atoms with Crippen molar-refractivity contribution in [2.24, 2.45) is 0 Å². The Hall–Kier alpha value is -2.29. The van der Waals surface area contributed by atoms with E-state index in [-0.39, 0.29) is 12.5 Å². The van der Waals surface area contributed by atoms with Gasteiger partial charge in [0.05, 0.1) is 0 Å². The Bertz CT molecular complexity index is 687. The number of amides is 1. The highest BCUT2D eigenvalue weighted by molar-refractivity contribution is 5.93. The molecule has 25 heavy (non-hydrogen) atoms. The molecule has 0 bridgehead atoms. The molecule has 134 valence electrons. The molecular weight excluding hydrogens is 310 g/mol. The SMILES string of the molecule is CCc1cccc(CC)c1NC(=O)COc1ccccc1C(C)CC. The summed E-state index contributed by atoms with van der Waals surface area (Å²) in [7, 11) is 0. The summed E-state index contributed by atoms with van der Waals surface area (Å²) in [6.45, 7) is 8.55. The van der Waals surface area contributed by atoms with E-state index in [1.165, 1.54) is 0 Å². The molecule has 1 N–H and O–H groups in total. The van der Waals surface area contributed by atoms with Crippen LogP contribution in [0.4, 0.5) is 5.69 Å². The number of rotatable bonds is 8. The first-order chi connectivity index (χ1) is 12.1. The molecule has 2 aromatic rings. The Morgan fingerprint density at radius 3 is 2.24 bits per heavy atom. The van der Waals surface area contributed by atoms with Crippen molar-refractivity contribution in [1.29, 1.82) is 0 Å². The minimum atomic E-state index is -0.116. The molecule has 0 saturated heterocycles. The summed E-state index contributed by atoms with van der Waals surface area (Å²) >= 11 is 0. The summed E-state index contributed by atoms with van der Waals surface area (Å²) < 4.78 is 5.83. The Morgan fingerprint density at radius 1 is 1.00 bits per heavy atom. The number of nitrogens with one attached hydrogen (secondary N) is 1. The number of ether oxygens (including phenoxy) is 1. The largest absolute Gasteiger partial charge is 0.483 e. The Kier molecular flexibility index (Phi) is 7.05. The molecule has 3 nitrogen and oxygen atoms in total. The van der Waals surface area contributed by atoms with Crippen molar-refractivity contribution in [2.45, 2.75) is 52.9 Å². The molecule has 1 amide bonds. The summed E-state index contributed by atoms with van der Waals surface area (Å²) in [5, 5.41) is 3.05. The zero-order chi connectivity index (χ0) is 18.2. The van der Waals surface area contributed by atoms with E-state index in [0.717, 1.165) is 47.4 Å². The predicted molar refractivity (Wildman–Crippen MR) is 104 cm³/mol. The van der Waals surface area contributed by atoms with Crippen LogP contribution in [0.15, 0.2) is 42.5 Å². The topological polar surface area (TPSA) is 38.3 Å². The monoisotopic (exact) mass is 339 g/mol. The highest BCUT2D eigenvalue weighted by Gasteiger charge is 2.13. The van der Waals surface area contributed by atoms with Gasteiger partial charge in [-0.15, -0.1) is 0 Å². The minimum Gasteiger partial charge on any atom is -0.483 e. The van der Waals surface area contributed by atoms with Gasteiger partial charge in [-0.05, 0) is 47.9 Å². The van der Waals surface area contributed by atoms with Crippen molar-refractivity contribution in [3.63, 3.8) is 0 Å². The molecule has 0 aromatic heterocycles. The molecule has 0 spiro atoms. The van der Waals surface area contributed by atoms with Crippen LogP contribution in [0.2, 0.25) is 0 Å². The first-order valence-electron chi connectivity index (χ1n) is 9.22. The molecule has 1 unspecified atom stereocenters. The smallest absolute Gasteiger partial charge is 0.262 e. The van der Waals surface area contributed by atoms with Crippen LogP contribution >= 0.6 is 0 Å². The Morgan fingerprint density at radius 2 is 1.64 bits per heavy atom. The number of anilines is 1. The fourth-order valence-corrected chi connectivity index (χ4v) is 2.96. The number of hydrogen-bond acceptors (Lipinski definition) is 2. The van der Waals surface area contributed by atoms with Crippen LogP contribution in [0.5, 0.6) is 5.75 Å². The van der Waals surface area contributed by atoms with Gasteiger partial charge in [0.25, 0.3) is 5.91 Å². The zero-order valence-electron chi connectivity index (χ0n) is 15.8. The van der Waals surface area contributed by atoms with Gasteiger partial charge in [0.15, 0.2) is 6.61 Å². The summed E-state index contributed by atoms with van der Waals surface area (Å²) in [5.74, 6) is 1.09. The Labute approximate surface area is 151 Å². The summed E-state index contributed by atoms with van der Waals surface area (Å²) in [6.07, 6.45) is 2.82. The van der Waals surface area contributed by atoms with E-state index >= 15 is 0 Å². The highest BCUT2D eigenvalue weighted by Crippen LogP contribution is 2.28. The quantitative estimate of drug-likeness (QED) is 0.705. The zero-order valence-corrected chi connectivity index (χ0v) is 15.8. The van der Waals surface area contributed by atoms with Crippen molar-refractivity contribution >= 4 is 11.6 Å². The van der Waals surface area contributed by atoms with Crippen LogP contribution in [-0.4, -0.2) is 12.5 Å². The van der Waals surface area contributed by atoms with Crippen LogP contribution in [-0.2, 0) is 17.6 Å². The van der Waals surface area contributed by atoms with Crippen molar-refractivity contribution in [2.75, 3.05) is 11.9 Å². The van der Waals surface area contributed by atoms with Gasteiger partial charge in [-0.2, -0.15) is 0 Å². The second kappa shape index (κ2) is 9.26. The molecule has 0 saturated carbocycles. The molecule has 0 aliphatic rings. The third-order valence-corrected chi connectivity index (χ3v) is 4.68. The van der Waals surface area contributed by atoms with E-state index in [2.05, 4.69) is 51.2 Å². The molecule has 2 aromatic carbocycles. The molecule has 2 rings (SSSR count). The lowest BCUT2D eigenvalue weighted by molar-refractivity contribution is -0.118. The minimum absolute atomic E-state index is 0.0225. The van der Waals surface area contributed by atoms with Gasteiger partial charge < -0.3 is 10.1 Å². The Balaban J connectivity index is 2.08. The maximum absolute atomic E-state index is 12.4. The average Bonchev–Trinajstić information content (AvgIpc) is 2.66. The molecule has 0 aliphatic heterocycles. The fourth-order valence-electron chi connectivity index (χ4n) is 2.96. The molecule has 0 aliphatic carbocycles. The third-order valence-electron chi connectivity index (χ3n) is 4.68. The fraction of sp³-hybridized carbons (Fsp3) is 0.409. The van der Waals surface area contributed by atoms with E-state index in [0.29, 0.717) is 5.92 Å². The van der Waals surface area contributed by atoms with Crippen molar-refractivity contribution in [1.82, 2.24) is 0 Å². The van der Waals surface area contributed by atoms with E-state index in [4.69, 9.17) is 4.74 Å². The van der Waals surface area contributed by atoms with Crippen LogP contribution in [0.25, 0.3) is 0 Å². The lowest BCUT2D eigenvalue weighted by atomic mass is 9.98.